The maximum atomic E-state index is 10.7. The average Bonchev–Trinajstić information content (AvgIpc) is 2.53. The van der Waals surface area contributed by atoms with Crippen molar-refractivity contribution in [3.8, 4) is 0 Å². The number of hydrogen-bond acceptors (Lipinski definition) is 3. The van der Waals surface area contributed by atoms with Crippen molar-refractivity contribution in [1.29, 1.82) is 0 Å². The number of furan rings is 1. The third-order valence-electron chi connectivity index (χ3n) is 1.99. The van der Waals surface area contributed by atoms with Crippen LogP contribution in [-0.4, -0.2) is 4.92 Å². The lowest BCUT2D eigenvalue weighted by molar-refractivity contribution is -0.384. The van der Waals surface area contributed by atoms with E-state index < -0.39 is 4.92 Å². The van der Waals surface area contributed by atoms with Gasteiger partial charge in [0.1, 0.15) is 10.8 Å². The molecule has 0 aliphatic rings. The van der Waals surface area contributed by atoms with Gasteiger partial charge in [-0.05, 0) is 13.0 Å². The van der Waals surface area contributed by atoms with E-state index in [9.17, 15) is 10.1 Å². The molecule has 0 spiro atoms. The van der Waals surface area contributed by atoms with Crippen LogP contribution >= 0.6 is 23.2 Å². The topological polar surface area (TPSA) is 56.3 Å². The number of rotatable bonds is 1. The van der Waals surface area contributed by atoms with Crippen molar-refractivity contribution >= 4 is 39.9 Å². The molecule has 0 aliphatic heterocycles. The normalized spacial score (nSPS) is 10.9. The zero-order valence-corrected chi connectivity index (χ0v) is 9.09. The highest BCUT2D eigenvalue weighted by molar-refractivity contribution is 6.41. The van der Waals surface area contributed by atoms with Gasteiger partial charge in [-0.25, -0.2) is 0 Å². The van der Waals surface area contributed by atoms with Crippen LogP contribution in [0.3, 0.4) is 0 Å². The standard InChI is InChI=1S/C9H5Cl2NO3/c1-4-2-5-8(11)7(12(13)14)3-6(10)9(5)15-4/h2-3H,1H3. The molecule has 2 rings (SSSR count). The number of benzene rings is 1. The van der Waals surface area contributed by atoms with Crippen LogP contribution in [-0.2, 0) is 0 Å². The number of nitro groups is 1. The first kappa shape index (κ1) is 10.3. The summed E-state index contributed by atoms with van der Waals surface area (Å²) < 4.78 is 5.28. The Labute approximate surface area is 94.5 Å². The Kier molecular flexibility index (Phi) is 2.32. The number of aryl methyl sites for hydroxylation is 1. The molecule has 1 aromatic heterocycles. The molecular formula is C9H5Cl2NO3. The SMILES string of the molecule is Cc1cc2c(Cl)c([N+](=O)[O-])cc(Cl)c2o1. The summed E-state index contributed by atoms with van der Waals surface area (Å²) in [5.41, 5.74) is 0.166. The van der Waals surface area contributed by atoms with Crippen LogP contribution in [0, 0.1) is 17.0 Å². The molecule has 78 valence electrons. The average molecular weight is 246 g/mol. The van der Waals surface area contributed by atoms with E-state index in [2.05, 4.69) is 0 Å². The van der Waals surface area contributed by atoms with E-state index in [1.54, 1.807) is 13.0 Å². The third-order valence-corrected chi connectivity index (χ3v) is 2.67. The van der Waals surface area contributed by atoms with Gasteiger partial charge in [-0.15, -0.1) is 0 Å². The molecule has 0 bridgehead atoms. The summed E-state index contributed by atoms with van der Waals surface area (Å²) in [5, 5.41) is 11.4. The molecule has 1 heterocycles. The molecule has 0 unspecified atom stereocenters. The van der Waals surface area contributed by atoms with Gasteiger partial charge in [-0.3, -0.25) is 10.1 Å². The minimum absolute atomic E-state index is 0.0521. The highest BCUT2D eigenvalue weighted by atomic mass is 35.5. The third kappa shape index (κ3) is 1.56. The molecule has 0 radical (unpaired) electrons. The fraction of sp³-hybridized carbons (Fsp3) is 0.111. The minimum atomic E-state index is -0.573. The number of hydrogen-bond donors (Lipinski definition) is 0. The van der Waals surface area contributed by atoms with E-state index in [-0.39, 0.29) is 15.7 Å². The van der Waals surface area contributed by atoms with Crippen molar-refractivity contribution in [2.24, 2.45) is 0 Å². The summed E-state index contributed by atoms with van der Waals surface area (Å²) in [4.78, 5) is 10.1. The van der Waals surface area contributed by atoms with E-state index in [4.69, 9.17) is 27.6 Å². The molecule has 15 heavy (non-hydrogen) atoms. The van der Waals surface area contributed by atoms with E-state index in [1.807, 2.05) is 0 Å². The van der Waals surface area contributed by atoms with Gasteiger partial charge >= 0.3 is 0 Å². The highest BCUT2D eigenvalue weighted by Crippen LogP contribution is 2.38. The van der Waals surface area contributed by atoms with Crippen molar-refractivity contribution in [3.63, 3.8) is 0 Å². The Hall–Kier alpha value is -1.26. The summed E-state index contributed by atoms with van der Waals surface area (Å²) in [7, 11) is 0. The second-order valence-electron chi connectivity index (χ2n) is 3.05. The van der Waals surface area contributed by atoms with Crippen LogP contribution in [0.5, 0.6) is 0 Å². The summed E-state index contributed by atoms with van der Waals surface area (Å²) in [6.07, 6.45) is 0. The van der Waals surface area contributed by atoms with E-state index in [0.717, 1.165) is 0 Å². The van der Waals surface area contributed by atoms with Gasteiger partial charge in [-0.2, -0.15) is 0 Å². The molecule has 2 aromatic rings. The van der Waals surface area contributed by atoms with Gasteiger partial charge in [0.15, 0.2) is 5.58 Å². The fourth-order valence-electron chi connectivity index (χ4n) is 1.37. The Bertz CT molecular complexity index is 562. The minimum Gasteiger partial charge on any atom is -0.460 e. The number of nitro benzene ring substituents is 1. The molecule has 4 nitrogen and oxygen atoms in total. The summed E-state index contributed by atoms with van der Waals surface area (Å²) in [5.74, 6) is 0.606. The molecule has 1 aromatic carbocycles. The van der Waals surface area contributed by atoms with E-state index in [0.29, 0.717) is 16.7 Å². The van der Waals surface area contributed by atoms with Crippen LogP contribution in [0.15, 0.2) is 16.5 Å². The Balaban J connectivity index is 2.89. The molecule has 0 fully saturated rings. The monoisotopic (exact) mass is 245 g/mol. The smallest absolute Gasteiger partial charge is 0.290 e. The van der Waals surface area contributed by atoms with Crippen LogP contribution in [0.4, 0.5) is 5.69 Å². The van der Waals surface area contributed by atoms with Crippen molar-refractivity contribution < 1.29 is 9.34 Å². The Morgan fingerprint density at radius 1 is 1.40 bits per heavy atom. The largest absolute Gasteiger partial charge is 0.460 e. The summed E-state index contributed by atoms with van der Waals surface area (Å²) in [6.45, 7) is 1.72. The van der Waals surface area contributed by atoms with Crippen LogP contribution in [0.25, 0.3) is 11.0 Å². The van der Waals surface area contributed by atoms with Crippen molar-refractivity contribution in [3.05, 3.63) is 38.1 Å². The first-order valence-corrected chi connectivity index (χ1v) is 4.79. The maximum absolute atomic E-state index is 10.7. The van der Waals surface area contributed by atoms with Crippen molar-refractivity contribution in [2.75, 3.05) is 0 Å². The summed E-state index contributed by atoms with van der Waals surface area (Å²) >= 11 is 11.7. The molecule has 0 saturated carbocycles. The summed E-state index contributed by atoms with van der Waals surface area (Å²) in [6, 6.07) is 2.81. The van der Waals surface area contributed by atoms with Gasteiger partial charge in [-0.1, -0.05) is 23.2 Å². The molecule has 0 saturated heterocycles. The fourth-order valence-corrected chi connectivity index (χ4v) is 1.88. The van der Waals surface area contributed by atoms with Crippen molar-refractivity contribution in [2.45, 2.75) is 6.92 Å². The van der Waals surface area contributed by atoms with Crippen LogP contribution in [0.2, 0.25) is 10.0 Å². The molecular weight excluding hydrogens is 241 g/mol. The quantitative estimate of drug-likeness (QED) is 0.565. The molecule has 0 amide bonds. The first-order chi connectivity index (χ1) is 7.00. The van der Waals surface area contributed by atoms with Gasteiger partial charge in [0.2, 0.25) is 0 Å². The van der Waals surface area contributed by atoms with E-state index in [1.165, 1.54) is 6.07 Å². The van der Waals surface area contributed by atoms with Crippen molar-refractivity contribution in [1.82, 2.24) is 0 Å². The zero-order chi connectivity index (χ0) is 11.2. The zero-order valence-electron chi connectivity index (χ0n) is 7.58. The lowest BCUT2D eigenvalue weighted by Crippen LogP contribution is -1.89. The predicted molar refractivity (Wildman–Crippen MR) is 57.6 cm³/mol. The van der Waals surface area contributed by atoms with Crippen LogP contribution in [0.1, 0.15) is 5.76 Å². The lowest BCUT2D eigenvalue weighted by atomic mass is 10.2. The predicted octanol–water partition coefficient (Wildman–Crippen LogP) is 3.96. The van der Waals surface area contributed by atoms with Crippen LogP contribution < -0.4 is 0 Å². The molecule has 6 heteroatoms. The second-order valence-corrected chi connectivity index (χ2v) is 3.83. The van der Waals surface area contributed by atoms with E-state index >= 15 is 0 Å². The second kappa shape index (κ2) is 3.40. The van der Waals surface area contributed by atoms with Gasteiger partial charge in [0.25, 0.3) is 5.69 Å². The highest BCUT2D eigenvalue weighted by Gasteiger charge is 2.20. The van der Waals surface area contributed by atoms with Gasteiger partial charge < -0.3 is 4.42 Å². The molecule has 0 atom stereocenters. The number of nitrogens with zero attached hydrogens (tertiary/aromatic N) is 1. The Morgan fingerprint density at radius 2 is 2.07 bits per heavy atom. The van der Waals surface area contributed by atoms with Gasteiger partial charge in [0.05, 0.1) is 9.95 Å². The maximum Gasteiger partial charge on any atom is 0.290 e. The van der Waals surface area contributed by atoms with Gasteiger partial charge in [0, 0.05) is 11.5 Å². The Morgan fingerprint density at radius 3 is 2.67 bits per heavy atom. The lowest BCUT2D eigenvalue weighted by Gasteiger charge is -1.97. The number of fused-ring (bicyclic) bond motifs is 1. The number of halogens is 2. The first-order valence-electron chi connectivity index (χ1n) is 4.03. The molecule has 0 aliphatic carbocycles. The molecule has 0 N–H and O–H groups in total.